The highest BCUT2D eigenvalue weighted by molar-refractivity contribution is 9.10. The van der Waals surface area contributed by atoms with Gasteiger partial charge in [-0.25, -0.2) is 0 Å². The Kier molecular flexibility index (Phi) is 4.42. The third-order valence-corrected chi connectivity index (χ3v) is 3.55. The number of benzene rings is 2. The number of hydrogen-bond acceptors (Lipinski definition) is 3. The second kappa shape index (κ2) is 5.91. The maximum Gasteiger partial charge on any atom is 0.259 e. The Balaban J connectivity index is 2.30. The van der Waals surface area contributed by atoms with Crippen LogP contribution in [0.1, 0.15) is 10.4 Å². The molecule has 1 amide bonds. The molecule has 0 aliphatic rings. The molecule has 0 saturated carbocycles. The van der Waals surface area contributed by atoms with E-state index >= 15 is 0 Å². The second-order valence-corrected chi connectivity index (χ2v) is 5.63. The van der Waals surface area contributed by atoms with E-state index in [1.165, 1.54) is 24.3 Å². The summed E-state index contributed by atoms with van der Waals surface area (Å²) >= 11 is 14.7. The molecule has 0 unspecified atom stereocenters. The fraction of sp³-hybridized carbons (Fsp3) is 0. The lowest BCUT2D eigenvalue weighted by molar-refractivity contribution is 0.102. The van der Waals surface area contributed by atoms with E-state index in [0.717, 1.165) is 0 Å². The fourth-order valence-electron chi connectivity index (χ4n) is 1.53. The molecule has 0 spiro atoms. The topological polar surface area (TPSA) is 69.6 Å². The van der Waals surface area contributed by atoms with E-state index in [0.29, 0.717) is 10.2 Å². The summed E-state index contributed by atoms with van der Waals surface area (Å²) in [4.78, 5) is 12.1. The molecule has 2 aromatic rings. The number of carbonyl (C=O) groups is 1. The van der Waals surface area contributed by atoms with Crippen LogP contribution in [0.4, 0.5) is 5.69 Å². The lowest BCUT2D eigenvalue weighted by Gasteiger charge is -2.09. The lowest BCUT2D eigenvalue weighted by Crippen LogP contribution is -2.12. The molecule has 20 heavy (non-hydrogen) atoms. The quantitative estimate of drug-likeness (QED) is 0.679. The van der Waals surface area contributed by atoms with Gasteiger partial charge in [-0.15, -0.1) is 0 Å². The highest BCUT2D eigenvalue weighted by Crippen LogP contribution is 2.35. The Hall–Kier alpha value is -1.43. The molecule has 104 valence electrons. The van der Waals surface area contributed by atoms with Crippen molar-refractivity contribution in [3.05, 3.63) is 50.4 Å². The summed E-state index contributed by atoms with van der Waals surface area (Å²) in [5.41, 5.74) is 0.405. The largest absolute Gasteiger partial charge is 0.507 e. The zero-order valence-electron chi connectivity index (χ0n) is 9.82. The Bertz CT molecular complexity index is 668. The number of amides is 1. The van der Waals surface area contributed by atoms with Gasteiger partial charge in [-0.3, -0.25) is 4.79 Å². The SMILES string of the molecule is O=C(Nc1cc(Cl)c(O)c(Cl)c1)c1cc(Br)ccc1O. The van der Waals surface area contributed by atoms with Gasteiger partial charge in [-0.1, -0.05) is 39.1 Å². The van der Waals surface area contributed by atoms with E-state index in [4.69, 9.17) is 23.2 Å². The average Bonchev–Trinajstić information content (AvgIpc) is 2.38. The van der Waals surface area contributed by atoms with Crippen LogP contribution in [0.2, 0.25) is 10.0 Å². The van der Waals surface area contributed by atoms with Crippen molar-refractivity contribution in [3.8, 4) is 11.5 Å². The number of halogens is 3. The van der Waals surface area contributed by atoms with E-state index in [-0.39, 0.29) is 27.1 Å². The molecule has 0 aliphatic carbocycles. The van der Waals surface area contributed by atoms with Crippen molar-refractivity contribution >= 4 is 50.7 Å². The molecule has 0 atom stereocenters. The zero-order valence-corrected chi connectivity index (χ0v) is 12.9. The minimum Gasteiger partial charge on any atom is -0.507 e. The molecule has 0 aromatic heterocycles. The first-order chi connectivity index (χ1) is 9.38. The van der Waals surface area contributed by atoms with Crippen LogP contribution in [0.25, 0.3) is 0 Å². The van der Waals surface area contributed by atoms with Crippen molar-refractivity contribution in [1.82, 2.24) is 0 Å². The van der Waals surface area contributed by atoms with Crippen LogP contribution in [0.15, 0.2) is 34.8 Å². The summed E-state index contributed by atoms with van der Waals surface area (Å²) in [6.45, 7) is 0. The first kappa shape index (κ1) is 15.0. The Labute approximate surface area is 133 Å². The molecule has 0 fully saturated rings. The number of phenolic OH excluding ortho intramolecular Hbond substituents is 2. The van der Waals surface area contributed by atoms with Crippen molar-refractivity contribution in [3.63, 3.8) is 0 Å². The number of hydrogen-bond donors (Lipinski definition) is 3. The maximum atomic E-state index is 12.1. The molecule has 0 radical (unpaired) electrons. The lowest BCUT2D eigenvalue weighted by atomic mass is 10.2. The monoisotopic (exact) mass is 375 g/mol. The Morgan fingerprint density at radius 3 is 2.30 bits per heavy atom. The molecular formula is C13H8BrCl2NO3. The first-order valence-electron chi connectivity index (χ1n) is 5.36. The maximum absolute atomic E-state index is 12.1. The van der Waals surface area contributed by atoms with Gasteiger partial charge in [0.15, 0.2) is 5.75 Å². The van der Waals surface area contributed by atoms with Crippen molar-refractivity contribution < 1.29 is 15.0 Å². The van der Waals surface area contributed by atoms with Gasteiger partial charge in [0.25, 0.3) is 5.91 Å². The number of anilines is 1. The highest BCUT2D eigenvalue weighted by Gasteiger charge is 2.14. The number of nitrogens with one attached hydrogen (secondary N) is 1. The molecule has 0 saturated heterocycles. The van der Waals surface area contributed by atoms with Crippen molar-refractivity contribution in [2.75, 3.05) is 5.32 Å². The number of aromatic hydroxyl groups is 2. The molecule has 7 heteroatoms. The van der Waals surface area contributed by atoms with Gasteiger partial charge in [0.2, 0.25) is 0 Å². The fourth-order valence-corrected chi connectivity index (χ4v) is 2.37. The van der Waals surface area contributed by atoms with E-state index < -0.39 is 5.91 Å². The van der Waals surface area contributed by atoms with Crippen LogP contribution in [0.5, 0.6) is 11.5 Å². The molecule has 2 rings (SSSR count). The minimum atomic E-state index is -0.526. The van der Waals surface area contributed by atoms with Gasteiger partial charge in [0, 0.05) is 10.2 Å². The van der Waals surface area contributed by atoms with Gasteiger partial charge in [-0.05, 0) is 30.3 Å². The smallest absolute Gasteiger partial charge is 0.259 e. The molecule has 2 aromatic carbocycles. The standard InChI is InChI=1S/C13H8BrCl2NO3/c14-6-1-2-11(18)8(3-6)13(20)17-7-4-9(15)12(19)10(16)5-7/h1-5,18-19H,(H,17,20). The van der Waals surface area contributed by atoms with E-state index in [2.05, 4.69) is 21.2 Å². The third kappa shape index (κ3) is 3.17. The molecule has 3 N–H and O–H groups in total. The molecule has 4 nitrogen and oxygen atoms in total. The highest BCUT2D eigenvalue weighted by atomic mass is 79.9. The van der Waals surface area contributed by atoms with E-state index in [1.807, 2.05) is 0 Å². The minimum absolute atomic E-state index is 0.0197. The van der Waals surface area contributed by atoms with Crippen molar-refractivity contribution in [2.24, 2.45) is 0 Å². The van der Waals surface area contributed by atoms with Crippen LogP contribution < -0.4 is 5.32 Å². The molecule has 0 bridgehead atoms. The summed E-state index contributed by atoms with van der Waals surface area (Å²) in [5, 5.41) is 21.7. The van der Waals surface area contributed by atoms with Crippen molar-refractivity contribution in [1.29, 1.82) is 0 Å². The van der Waals surface area contributed by atoms with Crippen LogP contribution in [0.3, 0.4) is 0 Å². The predicted octanol–water partition coefficient (Wildman–Crippen LogP) is 4.42. The molecular weight excluding hydrogens is 369 g/mol. The number of carbonyl (C=O) groups excluding carboxylic acids is 1. The van der Waals surface area contributed by atoms with Crippen LogP contribution in [-0.4, -0.2) is 16.1 Å². The van der Waals surface area contributed by atoms with Gasteiger partial charge < -0.3 is 15.5 Å². The summed E-state index contributed by atoms with van der Waals surface area (Å²) < 4.78 is 0.655. The molecule has 0 heterocycles. The number of rotatable bonds is 2. The number of phenols is 2. The Morgan fingerprint density at radius 1 is 1.10 bits per heavy atom. The van der Waals surface area contributed by atoms with Crippen LogP contribution in [-0.2, 0) is 0 Å². The van der Waals surface area contributed by atoms with Gasteiger partial charge >= 0.3 is 0 Å². The van der Waals surface area contributed by atoms with Gasteiger partial charge in [-0.2, -0.15) is 0 Å². The summed E-state index contributed by atoms with van der Waals surface area (Å²) in [6, 6.07) is 7.20. The van der Waals surface area contributed by atoms with Crippen LogP contribution >= 0.6 is 39.1 Å². The van der Waals surface area contributed by atoms with Gasteiger partial charge in [0.1, 0.15) is 5.75 Å². The summed E-state index contributed by atoms with van der Waals surface area (Å²) in [6.07, 6.45) is 0. The normalized spacial score (nSPS) is 10.3. The average molecular weight is 377 g/mol. The third-order valence-electron chi connectivity index (χ3n) is 2.48. The zero-order chi connectivity index (χ0) is 14.9. The van der Waals surface area contributed by atoms with Crippen LogP contribution in [0, 0.1) is 0 Å². The van der Waals surface area contributed by atoms with Gasteiger partial charge in [0.05, 0.1) is 15.6 Å². The van der Waals surface area contributed by atoms with E-state index in [9.17, 15) is 15.0 Å². The predicted molar refractivity (Wildman–Crippen MR) is 81.9 cm³/mol. The Morgan fingerprint density at radius 2 is 1.70 bits per heavy atom. The summed E-state index contributed by atoms with van der Waals surface area (Å²) in [5.74, 6) is -0.931. The first-order valence-corrected chi connectivity index (χ1v) is 6.91. The van der Waals surface area contributed by atoms with Crippen molar-refractivity contribution in [2.45, 2.75) is 0 Å². The molecule has 0 aliphatic heterocycles. The second-order valence-electron chi connectivity index (χ2n) is 3.90. The summed E-state index contributed by atoms with van der Waals surface area (Å²) in [7, 11) is 0. The van der Waals surface area contributed by atoms with E-state index in [1.54, 1.807) is 6.07 Å².